The number of methoxy groups -OCH3 is 1. The summed E-state index contributed by atoms with van der Waals surface area (Å²) >= 11 is 0. The first kappa shape index (κ1) is 13.4. The highest BCUT2D eigenvalue weighted by Gasteiger charge is 2.22. The van der Waals surface area contributed by atoms with Crippen molar-refractivity contribution in [1.82, 2.24) is 4.90 Å². The van der Waals surface area contributed by atoms with Gasteiger partial charge in [0.1, 0.15) is 5.54 Å². The summed E-state index contributed by atoms with van der Waals surface area (Å²) in [4.78, 5) is 2.40. The van der Waals surface area contributed by atoms with Crippen molar-refractivity contribution in [3.8, 4) is 6.07 Å². The van der Waals surface area contributed by atoms with Gasteiger partial charge in [-0.15, -0.1) is 0 Å². The summed E-state index contributed by atoms with van der Waals surface area (Å²) in [6.07, 6.45) is 3.14. The van der Waals surface area contributed by atoms with Gasteiger partial charge in [0.05, 0.1) is 6.07 Å². The zero-order chi connectivity index (χ0) is 12.0. The number of likely N-dealkylation sites (tertiary alicyclic amines) is 1. The zero-order valence-corrected chi connectivity index (χ0v) is 10.4. The van der Waals surface area contributed by atoms with Crippen LogP contribution in [0, 0.1) is 17.2 Å². The fourth-order valence-corrected chi connectivity index (χ4v) is 2.06. The van der Waals surface area contributed by atoms with Crippen LogP contribution in [0.25, 0.3) is 0 Å². The van der Waals surface area contributed by atoms with Crippen LogP contribution in [0.3, 0.4) is 0 Å². The Bertz CT molecular complexity index is 239. The van der Waals surface area contributed by atoms with E-state index in [4.69, 9.17) is 15.7 Å². The molecule has 92 valence electrons. The van der Waals surface area contributed by atoms with Crippen LogP contribution in [0.2, 0.25) is 0 Å². The predicted molar refractivity (Wildman–Crippen MR) is 63.9 cm³/mol. The standard InChI is InChI=1S/C12H23N3O/c1-12(14,10-13)5-8-15-6-3-11(4-7-15)9-16-2/h11H,3-9,14H2,1-2H3. The maximum atomic E-state index is 8.83. The molecule has 4 nitrogen and oxygen atoms in total. The number of nitriles is 1. The Morgan fingerprint density at radius 2 is 2.12 bits per heavy atom. The molecule has 2 N–H and O–H groups in total. The van der Waals surface area contributed by atoms with Gasteiger partial charge in [0, 0.05) is 20.3 Å². The molecule has 4 heteroatoms. The lowest BCUT2D eigenvalue weighted by molar-refractivity contribution is 0.0975. The van der Waals surface area contributed by atoms with E-state index in [0.29, 0.717) is 5.92 Å². The van der Waals surface area contributed by atoms with E-state index >= 15 is 0 Å². The molecule has 1 rings (SSSR count). The van der Waals surface area contributed by atoms with Crippen molar-refractivity contribution in [1.29, 1.82) is 5.26 Å². The summed E-state index contributed by atoms with van der Waals surface area (Å²) in [5.74, 6) is 0.710. The molecule has 0 bridgehead atoms. The smallest absolute Gasteiger partial charge is 0.102 e. The van der Waals surface area contributed by atoms with Crippen LogP contribution in [0.5, 0.6) is 0 Å². The SMILES string of the molecule is COCC1CCN(CCC(C)(N)C#N)CC1. The van der Waals surface area contributed by atoms with Crippen LogP contribution in [-0.4, -0.2) is 43.8 Å². The van der Waals surface area contributed by atoms with Gasteiger partial charge in [-0.1, -0.05) is 0 Å². The van der Waals surface area contributed by atoms with E-state index in [2.05, 4.69) is 11.0 Å². The second-order valence-corrected chi connectivity index (χ2v) is 5.02. The fraction of sp³-hybridized carbons (Fsp3) is 0.917. The van der Waals surface area contributed by atoms with Gasteiger partial charge in [0.15, 0.2) is 0 Å². The minimum atomic E-state index is -0.677. The lowest BCUT2D eigenvalue weighted by Crippen LogP contribution is -2.41. The number of hydrogen-bond donors (Lipinski definition) is 1. The third-order valence-corrected chi connectivity index (χ3v) is 3.31. The molecule has 1 unspecified atom stereocenters. The van der Waals surface area contributed by atoms with E-state index in [1.54, 1.807) is 14.0 Å². The van der Waals surface area contributed by atoms with Crippen LogP contribution < -0.4 is 5.73 Å². The third kappa shape index (κ3) is 4.48. The second-order valence-electron chi connectivity index (χ2n) is 5.02. The average molecular weight is 225 g/mol. The molecule has 0 aromatic heterocycles. The Kier molecular flexibility index (Phi) is 5.20. The average Bonchev–Trinajstić information content (AvgIpc) is 2.29. The molecule has 1 atom stereocenters. The van der Waals surface area contributed by atoms with Crippen molar-refractivity contribution in [2.45, 2.75) is 31.7 Å². The number of nitrogens with two attached hydrogens (primary N) is 1. The quantitative estimate of drug-likeness (QED) is 0.757. The zero-order valence-electron chi connectivity index (χ0n) is 10.4. The molecular formula is C12H23N3O. The van der Waals surface area contributed by atoms with Crippen LogP contribution in [0.1, 0.15) is 26.2 Å². The Morgan fingerprint density at radius 3 is 2.62 bits per heavy atom. The van der Waals surface area contributed by atoms with Crippen molar-refractivity contribution in [2.75, 3.05) is 33.4 Å². The molecule has 0 amide bonds. The highest BCUT2D eigenvalue weighted by atomic mass is 16.5. The third-order valence-electron chi connectivity index (χ3n) is 3.31. The maximum Gasteiger partial charge on any atom is 0.102 e. The topological polar surface area (TPSA) is 62.3 Å². The molecule has 1 fully saturated rings. The molecule has 0 spiro atoms. The summed E-state index contributed by atoms with van der Waals surface area (Å²) in [5, 5.41) is 8.83. The number of nitrogens with zero attached hydrogens (tertiary/aromatic N) is 2. The first-order valence-electron chi connectivity index (χ1n) is 5.99. The Balaban J connectivity index is 2.20. The van der Waals surface area contributed by atoms with Crippen LogP contribution in [-0.2, 0) is 4.74 Å². The summed E-state index contributed by atoms with van der Waals surface area (Å²) in [6.45, 7) is 5.82. The normalized spacial score (nSPS) is 22.6. The first-order valence-corrected chi connectivity index (χ1v) is 5.99. The summed E-state index contributed by atoms with van der Waals surface area (Å²) in [6, 6.07) is 2.14. The molecule has 0 aromatic carbocycles. The molecule has 0 radical (unpaired) electrons. The van der Waals surface area contributed by atoms with Crippen molar-refractivity contribution in [3.05, 3.63) is 0 Å². The number of piperidine rings is 1. The maximum absolute atomic E-state index is 8.83. The number of rotatable bonds is 5. The van der Waals surface area contributed by atoms with Gasteiger partial charge >= 0.3 is 0 Å². The van der Waals surface area contributed by atoms with Gasteiger partial charge in [-0.2, -0.15) is 5.26 Å². The largest absolute Gasteiger partial charge is 0.384 e. The van der Waals surface area contributed by atoms with Gasteiger partial charge in [0.25, 0.3) is 0 Å². The Labute approximate surface area is 98.4 Å². The van der Waals surface area contributed by atoms with Gasteiger partial charge in [0.2, 0.25) is 0 Å². The molecule has 0 aromatic rings. The highest BCUT2D eigenvalue weighted by Crippen LogP contribution is 2.18. The monoisotopic (exact) mass is 225 g/mol. The van der Waals surface area contributed by atoms with E-state index in [1.807, 2.05) is 0 Å². The van der Waals surface area contributed by atoms with Gasteiger partial charge in [-0.05, 0) is 45.2 Å². The molecule has 0 saturated carbocycles. The minimum Gasteiger partial charge on any atom is -0.384 e. The molecule has 0 aliphatic carbocycles. The van der Waals surface area contributed by atoms with E-state index in [9.17, 15) is 0 Å². The predicted octanol–water partition coefficient (Wildman–Crippen LogP) is 0.976. The lowest BCUT2D eigenvalue weighted by Gasteiger charge is -2.32. The molecule has 16 heavy (non-hydrogen) atoms. The van der Waals surface area contributed by atoms with Crippen LogP contribution in [0.15, 0.2) is 0 Å². The number of hydrogen-bond acceptors (Lipinski definition) is 4. The summed E-state index contributed by atoms with van der Waals surface area (Å²) < 4.78 is 5.17. The number of ether oxygens (including phenoxy) is 1. The summed E-state index contributed by atoms with van der Waals surface area (Å²) in [7, 11) is 1.76. The molecule has 1 aliphatic rings. The van der Waals surface area contributed by atoms with Crippen molar-refractivity contribution in [3.63, 3.8) is 0 Å². The van der Waals surface area contributed by atoms with E-state index in [0.717, 1.165) is 32.7 Å². The van der Waals surface area contributed by atoms with Crippen LogP contribution in [0.4, 0.5) is 0 Å². The highest BCUT2D eigenvalue weighted by molar-refractivity contribution is 5.01. The molecular weight excluding hydrogens is 202 g/mol. The Hall–Kier alpha value is -0.630. The van der Waals surface area contributed by atoms with Gasteiger partial charge < -0.3 is 15.4 Å². The lowest BCUT2D eigenvalue weighted by atomic mass is 9.96. The fourth-order valence-electron chi connectivity index (χ4n) is 2.06. The summed E-state index contributed by atoms with van der Waals surface area (Å²) in [5.41, 5.74) is 5.12. The van der Waals surface area contributed by atoms with Crippen molar-refractivity contribution < 1.29 is 4.74 Å². The first-order chi connectivity index (χ1) is 7.57. The van der Waals surface area contributed by atoms with E-state index < -0.39 is 5.54 Å². The van der Waals surface area contributed by atoms with E-state index in [1.165, 1.54) is 12.8 Å². The molecule has 1 aliphatic heterocycles. The van der Waals surface area contributed by atoms with Crippen LogP contribution >= 0.6 is 0 Å². The van der Waals surface area contributed by atoms with Gasteiger partial charge in [-0.3, -0.25) is 0 Å². The van der Waals surface area contributed by atoms with Gasteiger partial charge in [-0.25, -0.2) is 0 Å². The molecule has 1 heterocycles. The van der Waals surface area contributed by atoms with Crippen molar-refractivity contribution in [2.24, 2.45) is 11.7 Å². The second kappa shape index (κ2) is 6.19. The molecule has 1 saturated heterocycles. The Morgan fingerprint density at radius 1 is 1.50 bits per heavy atom. The minimum absolute atomic E-state index is 0.677. The van der Waals surface area contributed by atoms with Crippen molar-refractivity contribution >= 4 is 0 Å². The van der Waals surface area contributed by atoms with E-state index in [-0.39, 0.29) is 0 Å².